The van der Waals surface area contributed by atoms with Crippen LogP contribution >= 0.6 is 11.6 Å². The van der Waals surface area contributed by atoms with Gasteiger partial charge in [-0.2, -0.15) is 0 Å². The van der Waals surface area contributed by atoms with E-state index in [4.69, 9.17) is 11.6 Å². The lowest BCUT2D eigenvalue weighted by molar-refractivity contribution is 0.380. The first kappa shape index (κ1) is 11.9. The predicted octanol–water partition coefficient (Wildman–Crippen LogP) is 3.40. The molecule has 0 spiro atoms. The lowest BCUT2D eigenvalue weighted by atomic mass is 10.00. The molecule has 0 bridgehead atoms. The molecule has 0 unspecified atom stereocenters. The summed E-state index contributed by atoms with van der Waals surface area (Å²) in [7, 11) is 0. The minimum Gasteiger partial charge on any atom is -0.310 e. The lowest BCUT2D eigenvalue weighted by Gasteiger charge is -2.20. The lowest BCUT2D eigenvalue weighted by Crippen LogP contribution is -2.31. The normalized spacial score (nSPS) is 18.9. The van der Waals surface area contributed by atoms with E-state index < -0.39 is 0 Å². The Morgan fingerprint density at radius 2 is 2.25 bits per heavy atom. The molecule has 0 aliphatic heterocycles. The van der Waals surface area contributed by atoms with Crippen molar-refractivity contribution in [2.75, 3.05) is 0 Å². The Balaban J connectivity index is 1.84. The standard InChI is InChI=1S/C13H19ClN2/c1-10(11-4-2-3-5-11)16-8-12-6-7-15-9-13(12)14/h6-7,9-11,16H,2-5,8H2,1H3/t10-/m1/s1. The molecule has 16 heavy (non-hydrogen) atoms. The van der Waals surface area contributed by atoms with Gasteiger partial charge < -0.3 is 5.32 Å². The molecule has 2 nitrogen and oxygen atoms in total. The van der Waals surface area contributed by atoms with Crippen molar-refractivity contribution in [2.24, 2.45) is 5.92 Å². The molecule has 1 aliphatic rings. The highest BCUT2D eigenvalue weighted by atomic mass is 35.5. The van der Waals surface area contributed by atoms with Gasteiger partial charge in [0, 0.05) is 25.0 Å². The van der Waals surface area contributed by atoms with Crippen molar-refractivity contribution >= 4 is 11.6 Å². The second kappa shape index (κ2) is 5.65. The van der Waals surface area contributed by atoms with Crippen LogP contribution in [-0.2, 0) is 6.54 Å². The maximum absolute atomic E-state index is 6.06. The monoisotopic (exact) mass is 238 g/mol. The molecular formula is C13H19ClN2. The van der Waals surface area contributed by atoms with Crippen LogP contribution in [0.2, 0.25) is 5.02 Å². The van der Waals surface area contributed by atoms with Crippen LogP contribution in [0.4, 0.5) is 0 Å². The fourth-order valence-electron chi connectivity index (χ4n) is 2.44. The fraction of sp³-hybridized carbons (Fsp3) is 0.615. The number of hydrogen-bond donors (Lipinski definition) is 1. The molecule has 0 radical (unpaired) electrons. The van der Waals surface area contributed by atoms with Crippen molar-refractivity contribution < 1.29 is 0 Å². The summed E-state index contributed by atoms with van der Waals surface area (Å²) >= 11 is 6.06. The Labute approximate surface area is 102 Å². The molecule has 1 N–H and O–H groups in total. The van der Waals surface area contributed by atoms with Crippen molar-refractivity contribution in [1.82, 2.24) is 10.3 Å². The maximum atomic E-state index is 6.06. The van der Waals surface area contributed by atoms with Crippen LogP contribution in [0.5, 0.6) is 0 Å². The van der Waals surface area contributed by atoms with Gasteiger partial charge in [-0.15, -0.1) is 0 Å². The largest absolute Gasteiger partial charge is 0.310 e. The van der Waals surface area contributed by atoms with Crippen molar-refractivity contribution in [3.05, 3.63) is 29.0 Å². The number of halogens is 1. The molecule has 2 rings (SSSR count). The van der Waals surface area contributed by atoms with Crippen LogP contribution in [-0.4, -0.2) is 11.0 Å². The number of nitrogens with zero attached hydrogens (tertiary/aromatic N) is 1. The molecule has 0 aromatic carbocycles. The molecule has 1 fully saturated rings. The first-order valence-corrected chi connectivity index (χ1v) is 6.47. The third kappa shape index (κ3) is 2.96. The van der Waals surface area contributed by atoms with Crippen LogP contribution in [0.15, 0.2) is 18.5 Å². The van der Waals surface area contributed by atoms with Gasteiger partial charge in [0.1, 0.15) is 0 Å². The van der Waals surface area contributed by atoms with Crippen LogP contribution < -0.4 is 5.32 Å². The third-order valence-corrected chi connectivity index (χ3v) is 3.92. The number of hydrogen-bond acceptors (Lipinski definition) is 2. The zero-order chi connectivity index (χ0) is 11.4. The smallest absolute Gasteiger partial charge is 0.0634 e. The minimum absolute atomic E-state index is 0.590. The summed E-state index contributed by atoms with van der Waals surface area (Å²) in [5.74, 6) is 0.848. The summed E-state index contributed by atoms with van der Waals surface area (Å²) in [6.45, 7) is 3.13. The Bertz CT molecular complexity index is 334. The number of pyridine rings is 1. The van der Waals surface area contributed by atoms with Crippen LogP contribution in [0, 0.1) is 5.92 Å². The summed E-state index contributed by atoms with van der Waals surface area (Å²) < 4.78 is 0. The molecule has 1 aromatic heterocycles. The SMILES string of the molecule is C[C@@H](NCc1ccncc1Cl)C1CCCC1. The number of rotatable bonds is 4. The van der Waals surface area contributed by atoms with Gasteiger partial charge in [0.05, 0.1) is 5.02 Å². The van der Waals surface area contributed by atoms with Crippen LogP contribution in [0.1, 0.15) is 38.2 Å². The van der Waals surface area contributed by atoms with Gasteiger partial charge in [0.25, 0.3) is 0 Å². The average Bonchev–Trinajstić information content (AvgIpc) is 2.81. The molecule has 0 amide bonds. The molecule has 3 heteroatoms. The molecule has 1 saturated carbocycles. The van der Waals surface area contributed by atoms with Crippen molar-refractivity contribution in [1.29, 1.82) is 0 Å². The first-order valence-electron chi connectivity index (χ1n) is 6.09. The second-order valence-electron chi connectivity index (χ2n) is 4.68. The van der Waals surface area contributed by atoms with Gasteiger partial charge in [0.15, 0.2) is 0 Å². The topological polar surface area (TPSA) is 24.9 Å². The quantitative estimate of drug-likeness (QED) is 0.870. The molecule has 1 atom stereocenters. The molecule has 88 valence electrons. The maximum Gasteiger partial charge on any atom is 0.0634 e. The highest BCUT2D eigenvalue weighted by Gasteiger charge is 2.20. The third-order valence-electron chi connectivity index (χ3n) is 3.58. The highest BCUT2D eigenvalue weighted by molar-refractivity contribution is 6.31. The number of nitrogens with one attached hydrogen (secondary N) is 1. The van der Waals surface area contributed by atoms with E-state index in [0.29, 0.717) is 6.04 Å². The predicted molar refractivity (Wildman–Crippen MR) is 67.5 cm³/mol. The van der Waals surface area contributed by atoms with Gasteiger partial charge in [-0.05, 0) is 37.3 Å². The zero-order valence-corrected chi connectivity index (χ0v) is 10.5. The van der Waals surface area contributed by atoms with E-state index in [0.717, 1.165) is 23.0 Å². The molecule has 1 heterocycles. The minimum atomic E-state index is 0.590. The Morgan fingerprint density at radius 1 is 1.50 bits per heavy atom. The van der Waals surface area contributed by atoms with Gasteiger partial charge in [-0.3, -0.25) is 4.98 Å². The summed E-state index contributed by atoms with van der Waals surface area (Å²) in [6, 6.07) is 2.57. The van der Waals surface area contributed by atoms with E-state index in [1.807, 2.05) is 6.07 Å². The van der Waals surface area contributed by atoms with Crippen LogP contribution in [0.25, 0.3) is 0 Å². The van der Waals surface area contributed by atoms with E-state index in [-0.39, 0.29) is 0 Å². The molecule has 0 saturated heterocycles. The Morgan fingerprint density at radius 3 is 2.94 bits per heavy atom. The van der Waals surface area contributed by atoms with Crippen molar-refractivity contribution in [3.8, 4) is 0 Å². The molecule has 1 aliphatic carbocycles. The molecule has 1 aromatic rings. The zero-order valence-electron chi connectivity index (χ0n) is 9.75. The van der Waals surface area contributed by atoms with Crippen molar-refractivity contribution in [2.45, 2.75) is 45.2 Å². The van der Waals surface area contributed by atoms with Gasteiger partial charge in [0.2, 0.25) is 0 Å². The number of aromatic nitrogens is 1. The van der Waals surface area contributed by atoms with E-state index in [9.17, 15) is 0 Å². The highest BCUT2D eigenvalue weighted by Crippen LogP contribution is 2.27. The first-order chi connectivity index (χ1) is 7.77. The van der Waals surface area contributed by atoms with Gasteiger partial charge in [-0.25, -0.2) is 0 Å². The summed E-state index contributed by atoms with van der Waals surface area (Å²) in [6.07, 6.45) is 9.04. The van der Waals surface area contributed by atoms with Crippen LogP contribution in [0.3, 0.4) is 0 Å². The fourth-order valence-corrected chi connectivity index (χ4v) is 2.63. The summed E-state index contributed by atoms with van der Waals surface area (Å²) in [5, 5.41) is 4.33. The van der Waals surface area contributed by atoms with Gasteiger partial charge >= 0.3 is 0 Å². The van der Waals surface area contributed by atoms with Crippen molar-refractivity contribution in [3.63, 3.8) is 0 Å². The van der Waals surface area contributed by atoms with E-state index in [1.165, 1.54) is 25.7 Å². The Hall–Kier alpha value is -0.600. The molecular weight excluding hydrogens is 220 g/mol. The second-order valence-corrected chi connectivity index (χ2v) is 5.09. The van der Waals surface area contributed by atoms with E-state index in [2.05, 4.69) is 17.2 Å². The average molecular weight is 239 g/mol. The van der Waals surface area contributed by atoms with E-state index in [1.54, 1.807) is 12.4 Å². The summed E-state index contributed by atoms with van der Waals surface area (Å²) in [4.78, 5) is 3.99. The summed E-state index contributed by atoms with van der Waals surface area (Å²) in [5.41, 5.74) is 1.14. The van der Waals surface area contributed by atoms with Gasteiger partial charge in [-0.1, -0.05) is 24.4 Å². The van der Waals surface area contributed by atoms with E-state index >= 15 is 0 Å². The Kier molecular flexibility index (Phi) is 4.19.